The number of likely N-dealkylation sites (tertiary alicyclic amines) is 1. The van der Waals surface area contributed by atoms with Gasteiger partial charge in [0, 0.05) is 30.7 Å². The zero-order chi connectivity index (χ0) is 13.8. The van der Waals surface area contributed by atoms with Gasteiger partial charge in [0.25, 0.3) is 0 Å². The van der Waals surface area contributed by atoms with E-state index in [1.807, 2.05) is 0 Å². The molecule has 0 aliphatic carbocycles. The molecule has 1 rings (SSSR count). The van der Waals surface area contributed by atoms with E-state index >= 15 is 0 Å². The summed E-state index contributed by atoms with van der Waals surface area (Å²) in [6, 6.07) is 1.33. The van der Waals surface area contributed by atoms with Crippen LogP contribution in [0.1, 0.15) is 47.0 Å². The number of rotatable bonds is 6. The van der Waals surface area contributed by atoms with Crippen molar-refractivity contribution < 1.29 is 0 Å². The lowest BCUT2D eigenvalue weighted by Crippen LogP contribution is -2.52. The van der Waals surface area contributed by atoms with Crippen LogP contribution >= 0.6 is 0 Å². The Kier molecular flexibility index (Phi) is 6.09. The van der Waals surface area contributed by atoms with Crippen molar-refractivity contribution in [3.8, 4) is 0 Å². The maximum absolute atomic E-state index is 3.68. The lowest BCUT2D eigenvalue weighted by atomic mass is 10.0. The Hall–Kier alpha value is -0.120. The summed E-state index contributed by atoms with van der Waals surface area (Å²) in [6.07, 6.45) is 3.87. The van der Waals surface area contributed by atoms with Crippen molar-refractivity contribution in [1.29, 1.82) is 0 Å². The van der Waals surface area contributed by atoms with E-state index in [1.54, 1.807) is 0 Å². The quantitative estimate of drug-likeness (QED) is 0.785. The van der Waals surface area contributed by atoms with Crippen molar-refractivity contribution in [2.75, 3.05) is 33.7 Å². The minimum absolute atomic E-state index is 0.262. The molecule has 0 saturated carbocycles. The molecule has 0 aromatic carbocycles. The minimum Gasteiger partial charge on any atom is -0.310 e. The molecule has 0 aromatic heterocycles. The van der Waals surface area contributed by atoms with Gasteiger partial charge in [-0.2, -0.15) is 0 Å². The maximum Gasteiger partial charge on any atom is 0.0223 e. The highest BCUT2D eigenvalue weighted by Crippen LogP contribution is 2.16. The van der Waals surface area contributed by atoms with Gasteiger partial charge in [-0.25, -0.2) is 0 Å². The highest BCUT2D eigenvalue weighted by atomic mass is 15.2. The molecule has 2 unspecified atom stereocenters. The molecule has 0 amide bonds. The van der Waals surface area contributed by atoms with Gasteiger partial charge in [-0.3, -0.25) is 4.90 Å². The smallest absolute Gasteiger partial charge is 0.0223 e. The first kappa shape index (κ1) is 15.9. The molecule has 2 atom stereocenters. The van der Waals surface area contributed by atoms with Crippen molar-refractivity contribution >= 4 is 0 Å². The van der Waals surface area contributed by atoms with Crippen LogP contribution in [0.2, 0.25) is 0 Å². The fraction of sp³-hybridized carbons (Fsp3) is 1.00. The first-order chi connectivity index (χ1) is 8.35. The predicted molar refractivity (Wildman–Crippen MR) is 80.1 cm³/mol. The Morgan fingerprint density at radius 2 is 2.11 bits per heavy atom. The van der Waals surface area contributed by atoms with Gasteiger partial charge < -0.3 is 10.2 Å². The molecule has 1 fully saturated rings. The molecule has 0 aromatic rings. The van der Waals surface area contributed by atoms with E-state index in [0.717, 1.165) is 12.6 Å². The van der Waals surface area contributed by atoms with Gasteiger partial charge in [0.2, 0.25) is 0 Å². The fourth-order valence-electron chi connectivity index (χ4n) is 2.52. The molecule has 3 heteroatoms. The number of likely N-dealkylation sites (N-methyl/N-ethyl adjacent to an activating group) is 2. The molecule has 1 N–H and O–H groups in total. The molecule has 1 aliphatic rings. The van der Waals surface area contributed by atoms with Crippen LogP contribution in [-0.4, -0.2) is 61.2 Å². The molecule has 0 radical (unpaired) electrons. The maximum atomic E-state index is 3.68. The van der Waals surface area contributed by atoms with E-state index in [2.05, 4.69) is 56.9 Å². The molecular weight excluding hydrogens is 222 g/mol. The second-order valence-corrected chi connectivity index (χ2v) is 6.69. The van der Waals surface area contributed by atoms with Gasteiger partial charge in [-0.1, -0.05) is 6.92 Å². The standard InChI is InChI=1S/C15H33N3/c1-7-15(3,4)16-11-13(2)18(6)14-9-8-10-17(5)12-14/h13-14,16H,7-12H2,1-6H3. The summed E-state index contributed by atoms with van der Waals surface area (Å²) in [5.41, 5.74) is 0.262. The van der Waals surface area contributed by atoms with E-state index in [1.165, 1.54) is 32.4 Å². The number of hydrogen-bond donors (Lipinski definition) is 1. The predicted octanol–water partition coefficient (Wildman–Crippen LogP) is 2.18. The number of hydrogen-bond acceptors (Lipinski definition) is 3. The first-order valence-corrected chi connectivity index (χ1v) is 7.51. The molecule has 0 bridgehead atoms. The second-order valence-electron chi connectivity index (χ2n) is 6.69. The summed E-state index contributed by atoms with van der Waals surface area (Å²) < 4.78 is 0. The van der Waals surface area contributed by atoms with Gasteiger partial charge in [-0.05, 0) is 60.7 Å². The summed E-state index contributed by atoms with van der Waals surface area (Å²) in [5.74, 6) is 0. The third-order valence-electron chi connectivity index (χ3n) is 4.63. The van der Waals surface area contributed by atoms with Crippen LogP contribution in [0.4, 0.5) is 0 Å². The summed E-state index contributed by atoms with van der Waals surface area (Å²) in [6.45, 7) is 12.7. The number of nitrogens with zero attached hydrogens (tertiary/aromatic N) is 2. The van der Waals surface area contributed by atoms with Gasteiger partial charge in [0.15, 0.2) is 0 Å². The molecule has 3 nitrogen and oxygen atoms in total. The molecule has 1 saturated heterocycles. The van der Waals surface area contributed by atoms with Gasteiger partial charge >= 0.3 is 0 Å². The summed E-state index contributed by atoms with van der Waals surface area (Å²) >= 11 is 0. The highest BCUT2D eigenvalue weighted by Gasteiger charge is 2.25. The van der Waals surface area contributed by atoms with Crippen LogP contribution < -0.4 is 5.32 Å². The molecule has 1 aliphatic heterocycles. The highest BCUT2D eigenvalue weighted by molar-refractivity contribution is 4.83. The van der Waals surface area contributed by atoms with Crippen molar-refractivity contribution in [2.45, 2.75) is 64.6 Å². The van der Waals surface area contributed by atoms with Crippen molar-refractivity contribution in [1.82, 2.24) is 15.1 Å². The molecule has 108 valence electrons. The normalized spacial score (nSPS) is 24.5. The fourth-order valence-corrected chi connectivity index (χ4v) is 2.52. The summed E-state index contributed by atoms with van der Waals surface area (Å²) in [7, 11) is 4.53. The van der Waals surface area contributed by atoms with E-state index in [0.29, 0.717) is 6.04 Å². The van der Waals surface area contributed by atoms with Gasteiger partial charge in [0.1, 0.15) is 0 Å². The Balaban J connectivity index is 2.38. The average molecular weight is 255 g/mol. The van der Waals surface area contributed by atoms with E-state index in [4.69, 9.17) is 0 Å². The van der Waals surface area contributed by atoms with Gasteiger partial charge in [0.05, 0.1) is 0 Å². The Labute approximate surface area is 114 Å². The Morgan fingerprint density at radius 3 is 2.67 bits per heavy atom. The van der Waals surface area contributed by atoms with Crippen LogP contribution in [0.5, 0.6) is 0 Å². The van der Waals surface area contributed by atoms with Crippen molar-refractivity contribution in [3.63, 3.8) is 0 Å². The molecular formula is C15H33N3. The van der Waals surface area contributed by atoms with Crippen LogP contribution in [0.3, 0.4) is 0 Å². The lowest BCUT2D eigenvalue weighted by Gasteiger charge is -2.40. The first-order valence-electron chi connectivity index (χ1n) is 7.51. The number of nitrogens with one attached hydrogen (secondary N) is 1. The van der Waals surface area contributed by atoms with E-state index < -0.39 is 0 Å². The lowest BCUT2D eigenvalue weighted by molar-refractivity contribution is 0.101. The summed E-state index contributed by atoms with van der Waals surface area (Å²) in [5, 5.41) is 3.68. The van der Waals surface area contributed by atoms with E-state index in [9.17, 15) is 0 Å². The molecule has 1 heterocycles. The number of piperidine rings is 1. The third-order valence-corrected chi connectivity index (χ3v) is 4.63. The zero-order valence-corrected chi connectivity index (χ0v) is 13.3. The topological polar surface area (TPSA) is 18.5 Å². The largest absolute Gasteiger partial charge is 0.310 e. The third kappa shape index (κ3) is 4.87. The average Bonchev–Trinajstić information content (AvgIpc) is 2.35. The Bertz CT molecular complexity index is 240. The van der Waals surface area contributed by atoms with Crippen molar-refractivity contribution in [3.05, 3.63) is 0 Å². The Morgan fingerprint density at radius 1 is 1.44 bits per heavy atom. The summed E-state index contributed by atoms with van der Waals surface area (Å²) in [4.78, 5) is 5.02. The minimum atomic E-state index is 0.262. The van der Waals surface area contributed by atoms with Crippen LogP contribution in [-0.2, 0) is 0 Å². The monoisotopic (exact) mass is 255 g/mol. The zero-order valence-electron chi connectivity index (χ0n) is 13.3. The molecule has 18 heavy (non-hydrogen) atoms. The van der Waals surface area contributed by atoms with E-state index in [-0.39, 0.29) is 5.54 Å². The van der Waals surface area contributed by atoms with Crippen LogP contribution in [0.15, 0.2) is 0 Å². The van der Waals surface area contributed by atoms with Crippen LogP contribution in [0, 0.1) is 0 Å². The molecule has 0 spiro atoms. The SMILES string of the molecule is CCC(C)(C)NCC(C)N(C)C1CCCN(C)C1. The second kappa shape index (κ2) is 6.88. The van der Waals surface area contributed by atoms with Crippen molar-refractivity contribution in [2.24, 2.45) is 0 Å². The van der Waals surface area contributed by atoms with Crippen LogP contribution in [0.25, 0.3) is 0 Å². The van der Waals surface area contributed by atoms with Gasteiger partial charge in [-0.15, -0.1) is 0 Å².